The van der Waals surface area contributed by atoms with E-state index in [0.717, 1.165) is 0 Å². The summed E-state index contributed by atoms with van der Waals surface area (Å²) in [7, 11) is 0. The zero-order valence-corrected chi connectivity index (χ0v) is 12.3. The van der Waals surface area contributed by atoms with Crippen molar-refractivity contribution in [1.29, 1.82) is 0 Å². The van der Waals surface area contributed by atoms with Gasteiger partial charge in [0.25, 0.3) is 5.91 Å². The number of anilines is 2. The van der Waals surface area contributed by atoms with Crippen LogP contribution in [0.2, 0.25) is 0 Å². The first-order chi connectivity index (χ1) is 11.1. The van der Waals surface area contributed by atoms with Crippen LogP contribution in [-0.2, 0) is 9.59 Å². The second kappa shape index (κ2) is 7.66. The molecule has 6 nitrogen and oxygen atoms in total. The standard InChI is InChI=1S/C16H13FN4O2/c1-11(22)20-15-9-12(6-8-19-15)4-5-13-14(3-2-7-18-13)21-16(23)10-17/h2-3,6-9H,10H2,1H3,(H,21,23)(H,19,20,22). The van der Waals surface area contributed by atoms with Crippen molar-refractivity contribution in [2.75, 3.05) is 17.3 Å². The number of halogens is 1. The third-order valence-electron chi connectivity index (χ3n) is 2.59. The maximum Gasteiger partial charge on any atom is 0.255 e. The maximum absolute atomic E-state index is 12.3. The fraction of sp³-hybridized carbons (Fsp3) is 0.125. The summed E-state index contributed by atoms with van der Waals surface area (Å²) in [5, 5.41) is 4.94. The van der Waals surface area contributed by atoms with E-state index in [1.54, 1.807) is 24.3 Å². The van der Waals surface area contributed by atoms with Gasteiger partial charge in [0.1, 0.15) is 11.5 Å². The molecule has 23 heavy (non-hydrogen) atoms. The lowest BCUT2D eigenvalue weighted by Crippen LogP contribution is -2.14. The van der Waals surface area contributed by atoms with Gasteiger partial charge in [0.05, 0.1) is 5.69 Å². The topological polar surface area (TPSA) is 84.0 Å². The zero-order valence-electron chi connectivity index (χ0n) is 12.3. The largest absolute Gasteiger partial charge is 0.321 e. The Morgan fingerprint density at radius 3 is 2.74 bits per heavy atom. The number of rotatable bonds is 3. The highest BCUT2D eigenvalue weighted by Crippen LogP contribution is 2.11. The van der Waals surface area contributed by atoms with Crippen molar-refractivity contribution >= 4 is 23.3 Å². The number of alkyl halides is 1. The molecule has 0 aliphatic rings. The molecule has 2 rings (SSSR count). The second-order valence-electron chi connectivity index (χ2n) is 4.44. The average Bonchev–Trinajstić information content (AvgIpc) is 2.53. The first kappa shape index (κ1) is 16.1. The molecule has 7 heteroatoms. The third-order valence-corrected chi connectivity index (χ3v) is 2.59. The van der Waals surface area contributed by atoms with Crippen molar-refractivity contribution in [3.63, 3.8) is 0 Å². The Balaban J connectivity index is 2.25. The summed E-state index contributed by atoms with van der Waals surface area (Å²) >= 11 is 0. The molecule has 0 radical (unpaired) electrons. The molecule has 0 aliphatic carbocycles. The Labute approximate surface area is 132 Å². The van der Waals surface area contributed by atoms with Gasteiger partial charge < -0.3 is 10.6 Å². The summed E-state index contributed by atoms with van der Waals surface area (Å²) < 4.78 is 12.3. The highest BCUT2D eigenvalue weighted by Gasteiger charge is 2.05. The summed E-state index contributed by atoms with van der Waals surface area (Å²) in [6, 6.07) is 6.47. The number of pyridine rings is 2. The summed E-state index contributed by atoms with van der Waals surface area (Å²) in [6.45, 7) is 0.264. The molecule has 0 bridgehead atoms. The van der Waals surface area contributed by atoms with Crippen LogP contribution in [0.5, 0.6) is 0 Å². The molecular formula is C16H13FN4O2. The van der Waals surface area contributed by atoms with Crippen LogP contribution in [0.25, 0.3) is 0 Å². The van der Waals surface area contributed by atoms with Gasteiger partial charge in [0.15, 0.2) is 6.67 Å². The van der Waals surface area contributed by atoms with Crippen molar-refractivity contribution in [3.8, 4) is 11.8 Å². The number of aromatic nitrogens is 2. The minimum absolute atomic E-state index is 0.233. The number of hydrogen-bond acceptors (Lipinski definition) is 4. The number of hydrogen-bond donors (Lipinski definition) is 2. The van der Waals surface area contributed by atoms with Crippen molar-refractivity contribution < 1.29 is 14.0 Å². The highest BCUT2D eigenvalue weighted by molar-refractivity contribution is 5.92. The van der Waals surface area contributed by atoms with E-state index in [4.69, 9.17) is 0 Å². The number of nitrogens with one attached hydrogen (secondary N) is 2. The quantitative estimate of drug-likeness (QED) is 0.846. The molecule has 2 amide bonds. The van der Waals surface area contributed by atoms with Crippen LogP contribution in [0, 0.1) is 11.8 Å². The van der Waals surface area contributed by atoms with Gasteiger partial charge in [-0.2, -0.15) is 0 Å². The van der Waals surface area contributed by atoms with E-state index < -0.39 is 12.6 Å². The van der Waals surface area contributed by atoms with E-state index in [1.807, 2.05) is 0 Å². The average molecular weight is 312 g/mol. The van der Waals surface area contributed by atoms with Gasteiger partial charge in [0.2, 0.25) is 5.91 Å². The third kappa shape index (κ3) is 4.89. The Kier molecular flexibility index (Phi) is 5.36. The predicted molar refractivity (Wildman–Crippen MR) is 83.4 cm³/mol. The van der Waals surface area contributed by atoms with Gasteiger partial charge in [-0.15, -0.1) is 0 Å². The highest BCUT2D eigenvalue weighted by atomic mass is 19.1. The number of nitrogens with zero attached hydrogens (tertiary/aromatic N) is 2. The lowest BCUT2D eigenvalue weighted by atomic mass is 10.2. The van der Waals surface area contributed by atoms with E-state index >= 15 is 0 Å². The lowest BCUT2D eigenvalue weighted by molar-refractivity contribution is -0.117. The number of carbonyl (C=O) groups is 2. The molecule has 0 aromatic carbocycles. The van der Waals surface area contributed by atoms with E-state index in [9.17, 15) is 14.0 Å². The molecule has 0 aliphatic heterocycles. The van der Waals surface area contributed by atoms with Gasteiger partial charge in [-0.25, -0.2) is 14.4 Å². The minimum Gasteiger partial charge on any atom is -0.321 e. The Morgan fingerprint density at radius 2 is 2.00 bits per heavy atom. The molecule has 0 spiro atoms. The van der Waals surface area contributed by atoms with Gasteiger partial charge in [-0.05, 0) is 30.2 Å². The van der Waals surface area contributed by atoms with Crippen LogP contribution in [0.4, 0.5) is 15.9 Å². The lowest BCUT2D eigenvalue weighted by Gasteiger charge is -2.04. The summed E-state index contributed by atoms with van der Waals surface area (Å²) in [5.41, 5.74) is 1.25. The molecule has 2 aromatic rings. The molecule has 116 valence electrons. The van der Waals surface area contributed by atoms with E-state index in [1.165, 1.54) is 19.3 Å². The number of amides is 2. The zero-order chi connectivity index (χ0) is 16.7. The smallest absolute Gasteiger partial charge is 0.255 e. The Bertz CT molecular complexity index is 796. The van der Waals surface area contributed by atoms with Crippen molar-refractivity contribution in [3.05, 3.63) is 47.9 Å². The van der Waals surface area contributed by atoms with Crippen LogP contribution in [0.3, 0.4) is 0 Å². The van der Waals surface area contributed by atoms with Gasteiger partial charge >= 0.3 is 0 Å². The van der Waals surface area contributed by atoms with Crippen molar-refractivity contribution in [2.45, 2.75) is 6.92 Å². The van der Waals surface area contributed by atoms with E-state index in [-0.39, 0.29) is 5.91 Å². The molecule has 0 saturated heterocycles. The molecule has 0 saturated carbocycles. The maximum atomic E-state index is 12.3. The normalized spacial score (nSPS) is 9.48. The monoisotopic (exact) mass is 312 g/mol. The summed E-state index contributed by atoms with van der Waals surface area (Å²) in [4.78, 5) is 30.2. The summed E-state index contributed by atoms with van der Waals surface area (Å²) in [5.74, 6) is 5.04. The first-order valence-corrected chi connectivity index (χ1v) is 6.65. The van der Waals surface area contributed by atoms with Gasteiger partial charge in [0, 0.05) is 24.9 Å². The van der Waals surface area contributed by atoms with E-state index in [0.29, 0.717) is 22.8 Å². The van der Waals surface area contributed by atoms with E-state index in [2.05, 4.69) is 32.4 Å². The molecule has 2 heterocycles. The molecular weight excluding hydrogens is 299 g/mol. The van der Waals surface area contributed by atoms with Crippen LogP contribution < -0.4 is 10.6 Å². The second-order valence-corrected chi connectivity index (χ2v) is 4.44. The summed E-state index contributed by atoms with van der Waals surface area (Å²) in [6.07, 6.45) is 3.03. The Hall–Kier alpha value is -3.27. The van der Waals surface area contributed by atoms with Crippen LogP contribution in [-0.4, -0.2) is 28.5 Å². The number of carbonyl (C=O) groups excluding carboxylic acids is 2. The molecule has 0 unspecified atom stereocenters. The van der Waals surface area contributed by atoms with Crippen LogP contribution >= 0.6 is 0 Å². The van der Waals surface area contributed by atoms with Gasteiger partial charge in [-0.1, -0.05) is 5.92 Å². The minimum atomic E-state index is -1.12. The van der Waals surface area contributed by atoms with Gasteiger partial charge in [-0.3, -0.25) is 9.59 Å². The molecule has 2 N–H and O–H groups in total. The molecule has 0 fully saturated rings. The van der Waals surface area contributed by atoms with Crippen molar-refractivity contribution in [2.24, 2.45) is 0 Å². The van der Waals surface area contributed by atoms with Crippen molar-refractivity contribution in [1.82, 2.24) is 9.97 Å². The SMILES string of the molecule is CC(=O)Nc1cc(C#Cc2ncccc2NC(=O)CF)ccn1. The first-order valence-electron chi connectivity index (χ1n) is 6.65. The Morgan fingerprint density at radius 1 is 1.17 bits per heavy atom. The van der Waals surface area contributed by atoms with Crippen LogP contribution in [0.15, 0.2) is 36.7 Å². The van der Waals surface area contributed by atoms with Crippen LogP contribution in [0.1, 0.15) is 18.2 Å². The fourth-order valence-corrected chi connectivity index (χ4v) is 1.68. The molecule has 0 atom stereocenters. The molecule has 2 aromatic heterocycles. The predicted octanol–water partition coefficient (Wildman–Crippen LogP) is 1.74. The fourth-order valence-electron chi connectivity index (χ4n) is 1.68.